The summed E-state index contributed by atoms with van der Waals surface area (Å²) in [5, 5.41) is 6.66. The van der Waals surface area contributed by atoms with E-state index in [4.69, 9.17) is 0 Å². The van der Waals surface area contributed by atoms with Gasteiger partial charge in [-0.1, -0.05) is 0 Å². The number of aromatic nitrogens is 2. The summed E-state index contributed by atoms with van der Waals surface area (Å²) >= 11 is 3.39. The topological polar surface area (TPSA) is 37.8 Å². The van der Waals surface area contributed by atoms with E-state index in [1.165, 1.54) is 4.88 Å². The normalized spacial score (nSPS) is 12.9. The molecule has 2 rings (SSSR count). The maximum atomic E-state index is 4.50. The Hall–Kier alpha value is -0.780. The zero-order valence-corrected chi connectivity index (χ0v) is 11.3. The van der Waals surface area contributed by atoms with Crippen molar-refractivity contribution in [3.05, 3.63) is 32.2 Å². The Morgan fingerprint density at radius 1 is 1.44 bits per heavy atom. The Kier molecular flexibility index (Phi) is 3.68. The van der Waals surface area contributed by atoms with Crippen molar-refractivity contribution in [2.75, 3.05) is 0 Å². The van der Waals surface area contributed by atoms with E-state index in [2.05, 4.69) is 41.4 Å². The molecule has 0 bridgehead atoms. The molecule has 0 saturated heterocycles. The first-order chi connectivity index (χ1) is 7.66. The molecule has 0 spiro atoms. The summed E-state index contributed by atoms with van der Waals surface area (Å²) in [7, 11) is 0. The second-order valence-electron chi connectivity index (χ2n) is 3.77. The average Bonchev–Trinajstić information content (AvgIpc) is 2.86. The van der Waals surface area contributed by atoms with E-state index in [0.29, 0.717) is 0 Å². The first-order valence-electron chi connectivity index (χ1n) is 5.21. The fourth-order valence-corrected chi connectivity index (χ4v) is 2.93. The van der Waals surface area contributed by atoms with E-state index >= 15 is 0 Å². The van der Waals surface area contributed by atoms with Crippen LogP contribution in [0.1, 0.15) is 34.2 Å². The van der Waals surface area contributed by atoms with Crippen LogP contribution < -0.4 is 5.32 Å². The summed E-state index contributed by atoms with van der Waals surface area (Å²) in [5.41, 5.74) is 4.11. The number of hydrogen-bond donors (Lipinski definition) is 1. The van der Waals surface area contributed by atoms with Gasteiger partial charge in [-0.05, 0) is 20.8 Å². The van der Waals surface area contributed by atoms with E-state index in [9.17, 15) is 0 Å². The number of nitrogens with zero attached hydrogens (tertiary/aromatic N) is 2. The molecule has 2 aromatic heterocycles. The fraction of sp³-hybridized carbons (Fsp3) is 0.455. The van der Waals surface area contributed by atoms with Gasteiger partial charge in [0.2, 0.25) is 0 Å². The molecule has 0 aliphatic rings. The summed E-state index contributed by atoms with van der Waals surface area (Å²) < 4.78 is 0. The number of aryl methyl sites for hydroxylation is 2. The van der Waals surface area contributed by atoms with Gasteiger partial charge in [-0.25, -0.2) is 9.97 Å². The van der Waals surface area contributed by atoms with Crippen LogP contribution in [0.25, 0.3) is 0 Å². The minimum atomic E-state index is 0.288. The van der Waals surface area contributed by atoms with Crippen molar-refractivity contribution in [1.82, 2.24) is 15.3 Å². The van der Waals surface area contributed by atoms with E-state index in [-0.39, 0.29) is 6.04 Å². The van der Waals surface area contributed by atoms with Gasteiger partial charge >= 0.3 is 0 Å². The lowest BCUT2D eigenvalue weighted by molar-refractivity contribution is 0.562. The third-order valence-corrected chi connectivity index (χ3v) is 4.20. The molecule has 3 nitrogen and oxygen atoms in total. The van der Waals surface area contributed by atoms with Gasteiger partial charge < -0.3 is 5.32 Å². The maximum Gasteiger partial charge on any atom is 0.107 e. The smallest absolute Gasteiger partial charge is 0.107 e. The quantitative estimate of drug-likeness (QED) is 0.910. The molecule has 2 aromatic rings. The molecule has 1 atom stereocenters. The molecular formula is C11H15N3S2. The molecule has 0 fully saturated rings. The highest BCUT2D eigenvalue weighted by atomic mass is 32.1. The minimum absolute atomic E-state index is 0.288. The number of thiazole rings is 2. The average molecular weight is 253 g/mol. The van der Waals surface area contributed by atoms with Crippen molar-refractivity contribution < 1.29 is 0 Å². The molecule has 86 valence electrons. The molecule has 0 amide bonds. The number of rotatable bonds is 4. The molecule has 0 aromatic carbocycles. The third kappa shape index (κ3) is 2.66. The Bertz CT molecular complexity index is 428. The molecule has 0 saturated carbocycles. The lowest BCUT2D eigenvalue weighted by atomic mass is 10.2. The van der Waals surface area contributed by atoms with Gasteiger partial charge in [0.25, 0.3) is 0 Å². The molecule has 5 heteroatoms. The standard InChI is InChI=1S/C11H15N3S2/c1-7-9(3)16-11(14-7)4-12-8(2)10-5-15-6-13-10/h5-6,8,12H,4H2,1-3H3. The van der Waals surface area contributed by atoms with Crippen molar-refractivity contribution >= 4 is 22.7 Å². The van der Waals surface area contributed by atoms with Crippen molar-refractivity contribution in [2.24, 2.45) is 0 Å². The van der Waals surface area contributed by atoms with Crippen LogP contribution in [0, 0.1) is 13.8 Å². The Morgan fingerprint density at radius 3 is 2.81 bits per heavy atom. The minimum Gasteiger partial charge on any atom is -0.302 e. The SMILES string of the molecule is Cc1nc(CNC(C)c2cscn2)sc1C. The predicted octanol–water partition coefficient (Wildman–Crippen LogP) is 3.07. The van der Waals surface area contributed by atoms with Crippen LogP contribution >= 0.6 is 22.7 Å². The third-order valence-electron chi connectivity index (χ3n) is 2.53. The zero-order valence-electron chi connectivity index (χ0n) is 9.65. The Balaban J connectivity index is 1.92. The second kappa shape index (κ2) is 5.03. The van der Waals surface area contributed by atoms with E-state index in [1.807, 2.05) is 5.51 Å². The van der Waals surface area contributed by atoms with Gasteiger partial charge in [0.15, 0.2) is 0 Å². The highest BCUT2D eigenvalue weighted by molar-refractivity contribution is 7.11. The lowest BCUT2D eigenvalue weighted by Gasteiger charge is -2.09. The predicted molar refractivity (Wildman–Crippen MR) is 69.0 cm³/mol. The van der Waals surface area contributed by atoms with Crippen molar-refractivity contribution in [3.63, 3.8) is 0 Å². The monoisotopic (exact) mass is 253 g/mol. The second-order valence-corrected chi connectivity index (χ2v) is 5.77. The van der Waals surface area contributed by atoms with Crippen LogP contribution in [0.5, 0.6) is 0 Å². The van der Waals surface area contributed by atoms with Crippen LogP contribution in [-0.2, 0) is 6.54 Å². The van der Waals surface area contributed by atoms with Gasteiger partial charge in [0.05, 0.1) is 16.9 Å². The maximum absolute atomic E-state index is 4.50. The van der Waals surface area contributed by atoms with E-state index < -0.39 is 0 Å². The zero-order chi connectivity index (χ0) is 11.5. The molecule has 0 aliphatic heterocycles. The van der Waals surface area contributed by atoms with Crippen LogP contribution in [0.2, 0.25) is 0 Å². The summed E-state index contributed by atoms with van der Waals surface area (Å²) in [4.78, 5) is 10.1. The van der Waals surface area contributed by atoms with E-state index in [0.717, 1.165) is 22.9 Å². The summed E-state index contributed by atoms with van der Waals surface area (Å²) in [6.07, 6.45) is 0. The van der Waals surface area contributed by atoms with Gasteiger partial charge in [0.1, 0.15) is 5.01 Å². The van der Waals surface area contributed by atoms with Crippen LogP contribution in [0.4, 0.5) is 0 Å². The van der Waals surface area contributed by atoms with Crippen molar-refractivity contribution in [2.45, 2.75) is 33.4 Å². The van der Waals surface area contributed by atoms with Crippen LogP contribution in [0.15, 0.2) is 10.9 Å². The summed E-state index contributed by atoms with van der Waals surface area (Å²) in [6.45, 7) is 7.11. The molecule has 0 aliphatic carbocycles. The highest BCUT2D eigenvalue weighted by Gasteiger charge is 2.08. The summed E-state index contributed by atoms with van der Waals surface area (Å²) in [5.74, 6) is 0. The van der Waals surface area contributed by atoms with Gasteiger partial charge in [0, 0.05) is 22.8 Å². The molecule has 16 heavy (non-hydrogen) atoms. The molecule has 2 heterocycles. The highest BCUT2D eigenvalue weighted by Crippen LogP contribution is 2.18. The number of hydrogen-bond acceptors (Lipinski definition) is 5. The Labute approximate surface area is 104 Å². The first-order valence-corrected chi connectivity index (χ1v) is 6.97. The van der Waals surface area contributed by atoms with Gasteiger partial charge in [-0.15, -0.1) is 22.7 Å². The number of nitrogens with one attached hydrogen (secondary N) is 1. The molecular weight excluding hydrogens is 238 g/mol. The van der Waals surface area contributed by atoms with E-state index in [1.54, 1.807) is 22.7 Å². The summed E-state index contributed by atoms with van der Waals surface area (Å²) in [6, 6.07) is 0.288. The molecule has 1 unspecified atom stereocenters. The van der Waals surface area contributed by atoms with Crippen molar-refractivity contribution in [1.29, 1.82) is 0 Å². The fourth-order valence-electron chi connectivity index (χ4n) is 1.40. The largest absolute Gasteiger partial charge is 0.302 e. The van der Waals surface area contributed by atoms with Gasteiger partial charge in [-0.3, -0.25) is 0 Å². The lowest BCUT2D eigenvalue weighted by Crippen LogP contribution is -2.18. The first kappa shape index (κ1) is 11.7. The van der Waals surface area contributed by atoms with Crippen LogP contribution in [-0.4, -0.2) is 9.97 Å². The molecule has 1 N–H and O–H groups in total. The van der Waals surface area contributed by atoms with Gasteiger partial charge in [-0.2, -0.15) is 0 Å². The van der Waals surface area contributed by atoms with Crippen LogP contribution in [0.3, 0.4) is 0 Å². The Morgan fingerprint density at radius 2 is 2.25 bits per heavy atom. The molecule has 0 radical (unpaired) electrons. The van der Waals surface area contributed by atoms with Crippen molar-refractivity contribution in [3.8, 4) is 0 Å².